The van der Waals surface area contributed by atoms with Crippen molar-refractivity contribution in [3.8, 4) is 0 Å². The molecule has 0 unspecified atom stereocenters. The number of carbonyl (C=O) groups is 1. The quantitative estimate of drug-likeness (QED) is 0.809. The third kappa shape index (κ3) is 4.75. The van der Waals surface area contributed by atoms with Gasteiger partial charge in [0.15, 0.2) is 0 Å². The number of pyridine rings is 1. The average Bonchev–Trinajstić information content (AvgIpc) is 2.68. The van der Waals surface area contributed by atoms with Crippen LogP contribution in [0.15, 0.2) is 42.7 Å². The smallest absolute Gasteiger partial charge is 0.257 e. The fraction of sp³-hybridized carbons (Fsp3) is 0.429. The largest absolute Gasteiger partial charge is 0.384 e. The van der Waals surface area contributed by atoms with Crippen molar-refractivity contribution in [1.82, 2.24) is 4.98 Å². The summed E-state index contributed by atoms with van der Waals surface area (Å²) in [4.78, 5) is 19.0. The Bertz CT molecular complexity index is 721. The van der Waals surface area contributed by atoms with Crippen molar-refractivity contribution in [2.24, 2.45) is 5.92 Å². The number of hydrogen-bond acceptors (Lipinski definition) is 4. The van der Waals surface area contributed by atoms with E-state index in [0.29, 0.717) is 5.56 Å². The molecule has 5 heteroatoms. The molecule has 0 bridgehead atoms. The number of carbonyl (C=O) groups excluding carboxylic acids is 1. The van der Waals surface area contributed by atoms with Gasteiger partial charge in [-0.1, -0.05) is 13.8 Å². The van der Waals surface area contributed by atoms with Crippen LogP contribution in [0.4, 0.5) is 17.1 Å². The van der Waals surface area contributed by atoms with Gasteiger partial charge in [-0.25, -0.2) is 0 Å². The van der Waals surface area contributed by atoms with E-state index >= 15 is 0 Å². The van der Waals surface area contributed by atoms with Crippen LogP contribution in [0.2, 0.25) is 0 Å². The number of benzene rings is 1. The Kier molecular flexibility index (Phi) is 6.10. The summed E-state index contributed by atoms with van der Waals surface area (Å²) in [6.45, 7) is 7.50. The molecule has 0 aliphatic carbocycles. The minimum Gasteiger partial charge on any atom is -0.384 e. The predicted octanol–water partition coefficient (Wildman–Crippen LogP) is 4.39. The molecule has 2 heterocycles. The highest BCUT2D eigenvalue weighted by Crippen LogP contribution is 2.24. The maximum atomic E-state index is 12.5. The first kappa shape index (κ1) is 18.2. The van der Waals surface area contributed by atoms with E-state index < -0.39 is 0 Å². The Morgan fingerprint density at radius 1 is 1.15 bits per heavy atom. The molecular formula is C21H28N4O. The van der Waals surface area contributed by atoms with Gasteiger partial charge in [-0.3, -0.25) is 9.78 Å². The van der Waals surface area contributed by atoms with Gasteiger partial charge in [0.2, 0.25) is 0 Å². The zero-order chi connectivity index (χ0) is 18.4. The summed E-state index contributed by atoms with van der Waals surface area (Å²) >= 11 is 0. The average molecular weight is 352 g/mol. The molecule has 1 aromatic heterocycles. The molecule has 26 heavy (non-hydrogen) atoms. The van der Waals surface area contributed by atoms with E-state index in [-0.39, 0.29) is 5.91 Å². The number of nitrogens with zero attached hydrogens (tertiary/aromatic N) is 2. The minimum absolute atomic E-state index is 0.141. The molecule has 0 atom stereocenters. The number of aromatic nitrogens is 1. The molecular weight excluding hydrogens is 324 g/mol. The summed E-state index contributed by atoms with van der Waals surface area (Å²) in [7, 11) is 0. The van der Waals surface area contributed by atoms with Gasteiger partial charge in [0.1, 0.15) is 0 Å². The first-order valence-corrected chi connectivity index (χ1v) is 9.51. The van der Waals surface area contributed by atoms with Gasteiger partial charge in [-0.15, -0.1) is 0 Å². The SMILES string of the molecule is CCCNc1cncc(C(=O)Nc2ccc(N3CCC(C)CC3)cc2)c1. The van der Waals surface area contributed by atoms with E-state index in [2.05, 4.69) is 46.5 Å². The second kappa shape index (κ2) is 8.70. The first-order chi connectivity index (χ1) is 12.7. The Hall–Kier alpha value is -2.56. The Morgan fingerprint density at radius 3 is 2.58 bits per heavy atom. The maximum absolute atomic E-state index is 12.5. The van der Waals surface area contributed by atoms with Crippen LogP contribution in [0, 0.1) is 5.92 Å². The van der Waals surface area contributed by atoms with Crippen LogP contribution in [-0.4, -0.2) is 30.5 Å². The molecule has 0 radical (unpaired) electrons. The van der Waals surface area contributed by atoms with Gasteiger partial charge in [0.05, 0.1) is 11.3 Å². The predicted molar refractivity (Wildman–Crippen MR) is 108 cm³/mol. The lowest BCUT2D eigenvalue weighted by molar-refractivity contribution is 0.102. The fourth-order valence-electron chi connectivity index (χ4n) is 3.16. The number of amides is 1. The van der Waals surface area contributed by atoms with Gasteiger partial charge < -0.3 is 15.5 Å². The van der Waals surface area contributed by atoms with Crippen LogP contribution < -0.4 is 15.5 Å². The summed E-state index contributed by atoms with van der Waals surface area (Å²) in [5.41, 5.74) is 3.45. The number of rotatable bonds is 6. The Morgan fingerprint density at radius 2 is 1.88 bits per heavy atom. The van der Waals surface area contributed by atoms with Crippen molar-refractivity contribution >= 4 is 23.0 Å². The highest BCUT2D eigenvalue weighted by molar-refractivity contribution is 6.04. The molecule has 2 N–H and O–H groups in total. The zero-order valence-corrected chi connectivity index (χ0v) is 15.7. The summed E-state index contributed by atoms with van der Waals surface area (Å²) in [6.07, 6.45) is 6.84. The van der Waals surface area contributed by atoms with Crippen LogP contribution >= 0.6 is 0 Å². The van der Waals surface area contributed by atoms with E-state index in [9.17, 15) is 4.79 Å². The summed E-state index contributed by atoms with van der Waals surface area (Å²) in [5.74, 6) is 0.679. The van der Waals surface area contributed by atoms with E-state index in [1.54, 1.807) is 12.4 Å². The van der Waals surface area contributed by atoms with Gasteiger partial charge >= 0.3 is 0 Å². The molecule has 1 saturated heterocycles. The Labute approximate surface area is 155 Å². The monoisotopic (exact) mass is 352 g/mol. The third-order valence-electron chi connectivity index (χ3n) is 4.85. The summed E-state index contributed by atoms with van der Waals surface area (Å²) in [6, 6.07) is 9.95. The second-order valence-electron chi connectivity index (χ2n) is 7.06. The van der Waals surface area contributed by atoms with E-state index in [4.69, 9.17) is 0 Å². The van der Waals surface area contributed by atoms with E-state index in [1.165, 1.54) is 18.5 Å². The van der Waals surface area contributed by atoms with E-state index in [0.717, 1.165) is 43.3 Å². The van der Waals surface area contributed by atoms with Crippen molar-refractivity contribution in [2.75, 3.05) is 35.2 Å². The zero-order valence-electron chi connectivity index (χ0n) is 15.7. The number of nitrogens with one attached hydrogen (secondary N) is 2. The van der Waals surface area contributed by atoms with Gasteiger partial charge in [-0.2, -0.15) is 0 Å². The van der Waals surface area contributed by atoms with Crippen LogP contribution in [0.1, 0.15) is 43.5 Å². The molecule has 1 fully saturated rings. The van der Waals surface area contributed by atoms with Gasteiger partial charge in [0, 0.05) is 43.4 Å². The maximum Gasteiger partial charge on any atom is 0.257 e. The molecule has 5 nitrogen and oxygen atoms in total. The normalized spacial score (nSPS) is 14.9. The lowest BCUT2D eigenvalue weighted by atomic mass is 9.99. The molecule has 1 aliphatic rings. The van der Waals surface area contributed by atoms with Crippen LogP contribution in [0.3, 0.4) is 0 Å². The van der Waals surface area contributed by atoms with Crippen molar-refractivity contribution in [2.45, 2.75) is 33.1 Å². The van der Waals surface area contributed by atoms with Gasteiger partial charge in [-0.05, 0) is 55.5 Å². The molecule has 138 valence electrons. The third-order valence-corrected chi connectivity index (χ3v) is 4.85. The molecule has 2 aromatic rings. The molecule has 3 rings (SSSR count). The lowest BCUT2D eigenvalue weighted by Gasteiger charge is -2.32. The van der Waals surface area contributed by atoms with Crippen molar-refractivity contribution in [3.05, 3.63) is 48.3 Å². The summed E-state index contributed by atoms with van der Waals surface area (Å²) < 4.78 is 0. The molecule has 0 spiro atoms. The molecule has 0 saturated carbocycles. The highest BCUT2D eigenvalue weighted by atomic mass is 16.1. The van der Waals surface area contributed by atoms with E-state index in [1.807, 2.05) is 18.2 Å². The number of anilines is 3. The van der Waals surface area contributed by atoms with Crippen molar-refractivity contribution in [3.63, 3.8) is 0 Å². The van der Waals surface area contributed by atoms with Crippen molar-refractivity contribution < 1.29 is 4.79 Å². The second-order valence-corrected chi connectivity index (χ2v) is 7.06. The van der Waals surface area contributed by atoms with Crippen LogP contribution in [-0.2, 0) is 0 Å². The van der Waals surface area contributed by atoms with Crippen LogP contribution in [0.5, 0.6) is 0 Å². The highest BCUT2D eigenvalue weighted by Gasteiger charge is 2.16. The first-order valence-electron chi connectivity index (χ1n) is 9.51. The van der Waals surface area contributed by atoms with Crippen molar-refractivity contribution in [1.29, 1.82) is 0 Å². The lowest BCUT2D eigenvalue weighted by Crippen LogP contribution is -2.32. The molecule has 1 aromatic carbocycles. The molecule has 1 aliphatic heterocycles. The standard InChI is InChI=1S/C21H28N4O/c1-3-10-23-19-13-17(14-22-15-19)21(26)24-18-4-6-20(7-5-18)25-11-8-16(2)9-12-25/h4-7,13-16,23H,3,8-12H2,1-2H3,(H,24,26). The van der Waals surface area contributed by atoms with Gasteiger partial charge in [0.25, 0.3) is 5.91 Å². The van der Waals surface area contributed by atoms with Crippen LogP contribution in [0.25, 0.3) is 0 Å². The topological polar surface area (TPSA) is 57.3 Å². The molecule has 1 amide bonds. The fourth-order valence-corrected chi connectivity index (χ4v) is 3.16. The number of hydrogen-bond donors (Lipinski definition) is 2. The minimum atomic E-state index is -0.141. The summed E-state index contributed by atoms with van der Waals surface area (Å²) in [5, 5.41) is 6.21. The number of piperidine rings is 1. The Balaban J connectivity index is 1.61.